The van der Waals surface area contributed by atoms with Gasteiger partial charge in [-0.3, -0.25) is 4.79 Å². The number of carbonyl (C=O) groups excluding carboxylic acids is 1. The molecule has 1 aromatic heterocycles. The van der Waals surface area contributed by atoms with Gasteiger partial charge < -0.3 is 9.64 Å². The van der Waals surface area contributed by atoms with Crippen LogP contribution in [0.25, 0.3) is 0 Å². The molecule has 4 rings (SSSR count). The zero-order valence-corrected chi connectivity index (χ0v) is 18.0. The minimum absolute atomic E-state index is 0.0103. The minimum atomic E-state index is 0.0103. The Balaban J connectivity index is 1.53. The molecule has 158 valence electrons. The van der Waals surface area contributed by atoms with E-state index in [2.05, 4.69) is 28.4 Å². The Morgan fingerprint density at radius 2 is 2.20 bits per heavy atom. The van der Waals surface area contributed by atoms with Gasteiger partial charge in [-0.1, -0.05) is 18.0 Å². The largest absolute Gasteiger partial charge is 0.495 e. The number of nitrogens with one attached hydrogen (secondary N) is 1. The smallest absolute Gasteiger partial charge is 0.227 e. The van der Waals surface area contributed by atoms with Crippen LogP contribution in [0.1, 0.15) is 55.3 Å². The summed E-state index contributed by atoms with van der Waals surface area (Å²) in [6.45, 7) is 2.86. The highest BCUT2D eigenvalue weighted by Gasteiger charge is 2.44. The van der Waals surface area contributed by atoms with Gasteiger partial charge >= 0.3 is 0 Å². The first kappa shape index (κ1) is 20.7. The van der Waals surface area contributed by atoms with E-state index in [4.69, 9.17) is 16.3 Å². The van der Waals surface area contributed by atoms with Crippen molar-refractivity contribution >= 4 is 17.5 Å². The molecule has 7 nitrogen and oxygen atoms in total. The number of benzene rings is 1. The lowest BCUT2D eigenvalue weighted by atomic mass is 9.65. The fourth-order valence-electron chi connectivity index (χ4n) is 5.43. The quantitative estimate of drug-likeness (QED) is 0.802. The molecule has 2 fully saturated rings. The van der Waals surface area contributed by atoms with Gasteiger partial charge in [-0.2, -0.15) is 20.7 Å². The minimum Gasteiger partial charge on any atom is -0.495 e. The summed E-state index contributed by atoms with van der Waals surface area (Å²) in [5.74, 6) is 1.84. The molecule has 8 heteroatoms. The number of H-pyrrole nitrogens is 1. The molecule has 0 spiro atoms. The van der Waals surface area contributed by atoms with Crippen molar-refractivity contribution in [1.29, 1.82) is 5.26 Å². The van der Waals surface area contributed by atoms with Gasteiger partial charge in [-0.25, -0.2) is 0 Å². The summed E-state index contributed by atoms with van der Waals surface area (Å²) >= 11 is 6.44. The lowest BCUT2D eigenvalue weighted by Crippen LogP contribution is -2.52. The highest BCUT2D eigenvalue weighted by molar-refractivity contribution is 6.33. The fourth-order valence-corrected chi connectivity index (χ4v) is 5.74. The summed E-state index contributed by atoms with van der Waals surface area (Å²) in [6.07, 6.45) is 6.27. The van der Waals surface area contributed by atoms with Gasteiger partial charge in [-0.15, -0.1) is 0 Å². The number of hydrogen-bond donors (Lipinski definition) is 1. The molecule has 0 unspecified atom stereocenters. The Morgan fingerprint density at radius 3 is 2.90 bits per heavy atom. The molecular weight excluding hydrogens is 402 g/mol. The maximum Gasteiger partial charge on any atom is 0.227 e. The van der Waals surface area contributed by atoms with Crippen molar-refractivity contribution in [3.8, 4) is 11.8 Å². The molecule has 2 heterocycles. The number of halogens is 1. The van der Waals surface area contributed by atoms with Gasteiger partial charge in [0.2, 0.25) is 5.91 Å². The first-order valence-electron chi connectivity index (χ1n) is 10.5. The van der Waals surface area contributed by atoms with E-state index in [0.29, 0.717) is 46.2 Å². The Kier molecular flexibility index (Phi) is 5.96. The number of likely N-dealkylation sites (tertiary alicyclic amines) is 1. The summed E-state index contributed by atoms with van der Waals surface area (Å²) in [7, 11) is 1.53. The Bertz CT molecular complexity index is 955. The monoisotopic (exact) mass is 427 g/mol. The zero-order chi connectivity index (χ0) is 21.3. The predicted molar refractivity (Wildman–Crippen MR) is 112 cm³/mol. The molecule has 1 N–H and O–H groups in total. The summed E-state index contributed by atoms with van der Waals surface area (Å²) in [5, 5.41) is 20.9. The molecule has 1 saturated heterocycles. The number of piperidine rings is 1. The maximum atomic E-state index is 13.3. The van der Waals surface area contributed by atoms with Crippen LogP contribution in [0.15, 0.2) is 18.3 Å². The first-order valence-corrected chi connectivity index (χ1v) is 10.8. The molecule has 1 aliphatic heterocycles. The van der Waals surface area contributed by atoms with Crippen molar-refractivity contribution in [2.75, 3.05) is 13.7 Å². The molecule has 1 saturated carbocycles. The lowest BCUT2D eigenvalue weighted by molar-refractivity contribution is -0.137. The average Bonchev–Trinajstić information content (AvgIpc) is 3.29. The molecule has 0 bridgehead atoms. The number of methoxy groups -OCH3 is 1. The summed E-state index contributed by atoms with van der Waals surface area (Å²) in [4.78, 5) is 15.2. The molecule has 1 aliphatic carbocycles. The zero-order valence-electron chi connectivity index (χ0n) is 17.3. The number of fused-ring (bicyclic) bond motifs is 1. The highest BCUT2D eigenvalue weighted by Crippen LogP contribution is 2.47. The molecule has 1 amide bonds. The molecule has 30 heavy (non-hydrogen) atoms. The van der Waals surface area contributed by atoms with E-state index in [-0.39, 0.29) is 18.4 Å². The summed E-state index contributed by atoms with van der Waals surface area (Å²) in [6, 6.07) is 5.61. The van der Waals surface area contributed by atoms with Crippen molar-refractivity contribution in [3.05, 3.63) is 40.2 Å². The van der Waals surface area contributed by atoms with E-state index in [1.54, 1.807) is 12.1 Å². The van der Waals surface area contributed by atoms with Crippen LogP contribution in [0.5, 0.6) is 5.75 Å². The van der Waals surface area contributed by atoms with Gasteiger partial charge in [0, 0.05) is 24.1 Å². The number of amides is 1. The molecular formula is C22H26ClN5O2. The number of nitrogens with zero attached hydrogens (tertiary/aromatic N) is 4. The first-order chi connectivity index (χ1) is 14.5. The number of rotatable bonds is 4. The van der Waals surface area contributed by atoms with E-state index in [1.165, 1.54) is 7.11 Å². The van der Waals surface area contributed by atoms with E-state index >= 15 is 0 Å². The van der Waals surface area contributed by atoms with Crippen LogP contribution in [-0.2, 0) is 11.2 Å². The van der Waals surface area contributed by atoms with Crippen LogP contribution in [0.2, 0.25) is 5.02 Å². The number of aromatic nitrogens is 3. The molecule has 0 radical (unpaired) electrons. The molecule has 2 aliphatic rings. The number of ether oxygens (including phenoxy) is 1. The third-order valence-electron chi connectivity index (χ3n) is 6.94. The standard InChI is InChI=1S/C22H26ClN5O2/c1-13-15-4-3-5-17(19-12-25-27-26-19)16(15)8-9-28(13)21(29)10-18-14(11-24)6-7-20(30-2)22(18)23/h6-7,12-13,15-17H,3-5,8-10H2,1-2H3,(H,25,26,27)/t13-,15+,16+,17+/m0/s1. The normalized spacial score (nSPS) is 26.0. The van der Waals surface area contributed by atoms with Crippen molar-refractivity contribution < 1.29 is 9.53 Å². The topological polar surface area (TPSA) is 94.9 Å². The maximum absolute atomic E-state index is 13.3. The van der Waals surface area contributed by atoms with E-state index in [0.717, 1.165) is 31.4 Å². The van der Waals surface area contributed by atoms with Crippen molar-refractivity contribution in [1.82, 2.24) is 20.3 Å². The number of carbonyl (C=O) groups is 1. The van der Waals surface area contributed by atoms with Crippen molar-refractivity contribution in [2.24, 2.45) is 11.8 Å². The molecule has 1 aromatic carbocycles. The molecule has 2 aromatic rings. The third kappa shape index (κ3) is 3.65. The fraction of sp³-hybridized carbons (Fsp3) is 0.545. The van der Waals surface area contributed by atoms with Crippen molar-refractivity contribution in [3.63, 3.8) is 0 Å². The van der Waals surface area contributed by atoms with E-state index in [9.17, 15) is 10.1 Å². The van der Waals surface area contributed by atoms with Crippen LogP contribution in [0.3, 0.4) is 0 Å². The van der Waals surface area contributed by atoms with Crippen LogP contribution < -0.4 is 4.74 Å². The summed E-state index contributed by atoms with van der Waals surface area (Å²) in [5.41, 5.74) is 2.00. The number of hydrogen-bond acceptors (Lipinski definition) is 5. The van der Waals surface area contributed by atoms with Crippen LogP contribution >= 0.6 is 11.6 Å². The lowest BCUT2D eigenvalue weighted by Gasteiger charge is -2.49. The Morgan fingerprint density at radius 1 is 1.37 bits per heavy atom. The second-order valence-electron chi connectivity index (χ2n) is 8.27. The van der Waals surface area contributed by atoms with Crippen LogP contribution in [0.4, 0.5) is 0 Å². The molecule has 4 atom stereocenters. The van der Waals surface area contributed by atoms with E-state index in [1.807, 2.05) is 11.1 Å². The van der Waals surface area contributed by atoms with Gasteiger partial charge in [0.25, 0.3) is 0 Å². The average molecular weight is 428 g/mol. The second-order valence-corrected chi connectivity index (χ2v) is 8.65. The highest BCUT2D eigenvalue weighted by atomic mass is 35.5. The number of nitriles is 1. The van der Waals surface area contributed by atoms with Crippen LogP contribution in [-0.4, -0.2) is 45.9 Å². The van der Waals surface area contributed by atoms with Gasteiger partial charge in [0.05, 0.1) is 42.1 Å². The van der Waals surface area contributed by atoms with Gasteiger partial charge in [-0.05, 0) is 50.2 Å². The van der Waals surface area contributed by atoms with Crippen LogP contribution in [0, 0.1) is 23.2 Å². The summed E-state index contributed by atoms with van der Waals surface area (Å²) < 4.78 is 5.27. The predicted octanol–water partition coefficient (Wildman–Crippen LogP) is 3.70. The Labute approximate surface area is 181 Å². The van der Waals surface area contributed by atoms with E-state index < -0.39 is 0 Å². The number of aromatic amines is 1. The van der Waals surface area contributed by atoms with Crippen molar-refractivity contribution in [2.45, 2.75) is 51.0 Å². The third-order valence-corrected chi connectivity index (χ3v) is 7.36. The SMILES string of the molecule is COc1ccc(C#N)c(CC(=O)N2CC[C@@H]3[C@H](CCC[C@H]3c3cn[nH]n3)[C@@H]2C)c1Cl. The van der Waals surface area contributed by atoms with Gasteiger partial charge in [0.1, 0.15) is 5.75 Å². The second kappa shape index (κ2) is 8.65. The Hall–Kier alpha value is -2.59. The van der Waals surface area contributed by atoms with Gasteiger partial charge in [0.15, 0.2) is 0 Å².